The van der Waals surface area contributed by atoms with Crippen molar-refractivity contribution in [2.24, 2.45) is 5.92 Å². The van der Waals surface area contributed by atoms with Gasteiger partial charge in [-0.15, -0.1) is 0 Å². The monoisotopic (exact) mass is 320 g/mol. The molecule has 6 nitrogen and oxygen atoms in total. The van der Waals surface area contributed by atoms with E-state index >= 15 is 0 Å². The maximum Gasteiger partial charge on any atom is 0.407 e. The Morgan fingerprint density at radius 2 is 1.81 bits per heavy atom. The second kappa shape index (κ2) is 6.96. The Balaban J connectivity index is 2.36. The normalized spacial score (nSPS) is 18.8. The van der Waals surface area contributed by atoms with Crippen LogP contribution in [-0.4, -0.2) is 49.3 Å². The summed E-state index contributed by atoms with van der Waals surface area (Å²) >= 11 is 0. The molecule has 21 heavy (non-hydrogen) atoms. The van der Waals surface area contributed by atoms with Gasteiger partial charge >= 0.3 is 6.09 Å². The first-order chi connectivity index (χ1) is 9.52. The molecule has 1 amide bonds. The predicted molar refractivity (Wildman–Crippen MR) is 82.6 cm³/mol. The highest BCUT2D eigenvalue weighted by molar-refractivity contribution is 7.89. The molecule has 1 fully saturated rings. The minimum atomic E-state index is -3.16. The smallest absolute Gasteiger partial charge is 0.407 e. The van der Waals surface area contributed by atoms with E-state index in [9.17, 15) is 13.2 Å². The van der Waals surface area contributed by atoms with Crippen LogP contribution in [0.2, 0.25) is 0 Å². The molecule has 0 unspecified atom stereocenters. The number of ether oxygens (including phenoxy) is 1. The van der Waals surface area contributed by atoms with Gasteiger partial charge in [0.2, 0.25) is 10.0 Å². The van der Waals surface area contributed by atoms with Crippen LogP contribution in [0.1, 0.15) is 47.5 Å². The molecule has 0 bridgehead atoms. The zero-order valence-corrected chi connectivity index (χ0v) is 14.5. The number of piperidine rings is 1. The molecule has 0 saturated carbocycles. The molecule has 0 spiro atoms. The standard InChI is InChI=1S/C14H28N2O4S/c1-11(2)21(18,19)16-8-6-12(7-9-16)10-15-13(17)20-14(3,4)5/h11-12H,6-10H2,1-5H3,(H,15,17). The van der Waals surface area contributed by atoms with E-state index in [4.69, 9.17) is 4.74 Å². The van der Waals surface area contributed by atoms with Crippen LogP contribution >= 0.6 is 0 Å². The van der Waals surface area contributed by atoms with E-state index in [1.54, 1.807) is 18.2 Å². The molecular weight excluding hydrogens is 292 g/mol. The first kappa shape index (κ1) is 18.2. The van der Waals surface area contributed by atoms with Gasteiger partial charge in [0.1, 0.15) is 5.60 Å². The number of nitrogens with one attached hydrogen (secondary N) is 1. The SMILES string of the molecule is CC(C)S(=O)(=O)N1CCC(CNC(=O)OC(C)(C)C)CC1. The van der Waals surface area contributed by atoms with Gasteiger partial charge in [-0.2, -0.15) is 0 Å². The summed E-state index contributed by atoms with van der Waals surface area (Å²) in [6.07, 6.45) is 1.11. The van der Waals surface area contributed by atoms with E-state index in [0.29, 0.717) is 25.6 Å². The Morgan fingerprint density at radius 3 is 2.24 bits per heavy atom. The van der Waals surface area contributed by atoms with Crippen LogP contribution in [0.25, 0.3) is 0 Å². The molecule has 0 aliphatic carbocycles. The van der Waals surface area contributed by atoms with E-state index < -0.39 is 21.7 Å². The Hall–Kier alpha value is -0.820. The summed E-state index contributed by atoms with van der Waals surface area (Å²) in [5, 5.41) is 2.38. The number of rotatable bonds is 4. The highest BCUT2D eigenvalue weighted by Crippen LogP contribution is 2.21. The number of alkyl carbamates (subject to hydrolysis) is 1. The van der Waals surface area contributed by atoms with E-state index in [2.05, 4.69) is 5.32 Å². The van der Waals surface area contributed by atoms with Crippen molar-refractivity contribution in [2.45, 2.75) is 58.3 Å². The van der Waals surface area contributed by atoms with Gasteiger partial charge in [0.15, 0.2) is 0 Å². The first-order valence-corrected chi connectivity index (χ1v) is 8.98. The van der Waals surface area contributed by atoms with Crippen molar-refractivity contribution in [1.29, 1.82) is 0 Å². The number of amides is 1. The lowest BCUT2D eigenvalue weighted by atomic mass is 9.98. The lowest BCUT2D eigenvalue weighted by Gasteiger charge is -2.32. The number of hydrogen-bond donors (Lipinski definition) is 1. The molecule has 0 aromatic heterocycles. The van der Waals surface area contributed by atoms with Gasteiger partial charge in [-0.1, -0.05) is 0 Å². The molecule has 1 heterocycles. The van der Waals surface area contributed by atoms with Crippen molar-refractivity contribution in [3.63, 3.8) is 0 Å². The van der Waals surface area contributed by atoms with Crippen molar-refractivity contribution in [2.75, 3.05) is 19.6 Å². The summed E-state index contributed by atoms with van der Waals surface area (Å²) in [6, 6.07) is 0. The van der Waals surface area contributed by atoms with E-state index in [0.717, 1.165) is 12.8 Å². The number of sulfonamides is 1. The van der Waals surface area contributed by atoms with Crippen LogP contribution in [0.15, 0.2) is 0 Å². The molecule has 0 radical (unpaired) electrons. The van der Waals surface area contributed by atoms with Gasteiger partial charge in [0.25, 0.3) is 0 Å². The van der Waals surface area contributed by atoms with Gasteiger partial charge in [-0.3, -0.25) is 0 Å². The summed E-state index contributed by atoms with van der Waals surface area (Å²) in [6.45, 7) is 10.5. The van der Waals surface area contributed by atoms with E-state index in [1.807, 2.05) is 20.8 Å². The van der Waals surface area contributed by atoms with Crippen LogP contribution in [0.4, 0.5) is 4.79 Å². The fourth-order valence-corrected chi connectivity index (χ4v) is 3.52. The number of nitrogens with zero attached hydrogens (tertiary/aromatic N) is 1. The van der Waals surface area contributed by atoms with Crippen LogP contribution in [-0.2, 0) is 14.8 Å². The predicted octanol–water partition coefficient (Wildman–Crippen LogP) is 1.96. The molecule has 7 heteroatoms. The van der Waals surface area contributed by atoms with Gasteiger partial charge in [-0.25, -0.2) is 17.5 Å². The third-order valence-corrected chi connectivity index (χ3v) is 5.74. The van der Waals surface area contributed by atoms with Crippen molar-refractivity contribution in [1.82, 2.24) is 9.62 Å². The fraction of sp³-hybridized carbons (Fsp3) is 0.929. The summed E-state index contributed by atoms with van der Waals surface area (Å²) in [4.78, 5) is 11.6. The fourth-order valence-electron chi connectivity index (χ4n) is 2.21. The lowest BCUT2D eigenvalue weighted by Crippen LogP contribution is -2.44. The Kier molecular flexibility index (Phi) is 6.04. The molecule has 0 aromatic carbocycles. The maximum absolute atomic E-state index is 12.1. The van der Waals surface area contributed by atoms with Crippen molar-refractivity contribution < 1.29 is 17.9 Å². The summed E-state index contributed by atoms with van der Waals surface area (Å²) in [5.74, 6) is 0.302. The molecule has 1 aliphatic rings. The number of carbonyl (C=O) groups excluding carboxylic acids is 1. The topological polar surface area (TPSA) is 75.7 Å². The maximum atomic E-state index is 12.1. The Labute approximate surface area is 128 Å². The van der Waals surface area contributed by atoms with E-state index in [-0.39, 0.29) is 5.25 Å². The first-order valence-electron chi connectivity index (χ1n) is 7.48. The van der Waals surface area contributed by atoms with Gasteiger partial charge in [-0.05, 0) is 53.4 Å². The van der Waals surface area contributed by atoms with Crippen LogP contribution in [0.5, 0.6) is 0 Å². The minimum Gasteiger partial charge on any atom is -0.444 e. The molecule has 1 rings (SSSR count). The summed E-state index contributed by atoms with van der Waals surface area (Å²) < 4.78 is 30.8. The minimum absolute atomic E-state index is 0.302. The largest absolute Gasteiger partial charge is 0.444 e. The highest BCUT2D eigenvalue weighted by atomic mass is 32.2. The van der Waals surface area contributed by atoms with Crippen molar-refractivity contribution in [3.05, 3.63) is 0 Å². The summed E-state index contributed by atoms with van der Waals surface area (Å²) in [5.41, 5.74) is -0.501. The van der Waals surface area contributed by atoms with Crippen molar-refractivity contribution in [3.8, 4) is 0 Å². The van der Waals surface area contributed by atoms with Crippen LogP contribution < -0.4 is 5.32 Å². The van der Waals surface area contributed by atoms with Gasteiger partial charge in [0, 0.05) is 19.6 Å². The van der Waals surface area contributed by atoms with Crippen molar-refractivity contribution >= 4 is 16.1 Å². The third-order valence-electron chi connectivity index (χ3n) is 3.46. The zero-order valence-electron chi connectivity index (χ0n) is 13.7. The van der Waals surface area contributed by atoms with Gasteiger partial charge in [0.05, 0.1) is 5.25 Å². The average Bonchev–Trinajstić information content (AvgIpc) is 2.34. The Bertz CT molecular complexity index is 446. The molecular formula is C14H28N2O4S. The van der Waals surface area contributed by atoms with Gasteiger partial charge < -0.3 is 10.1 Å². The molecule has 1 N–H and O–H groups in total. The van der Waals surface area contributed by atoms with Crippen LogP contribution in [0.3, 0.4) is 0 Å². The zero-order chi connectivity index (χ0) is 16.3. The molecule has 1 saturated heterocycles. The highest BCUT2D eigenvalue weighted by Gasteiger charge is 2.30. The number of hydrogen-bond acceptors (Lipinski definition) is 4. The number of carbonyl (C=O) groups is 1. The second-order valence-corrected chi connectivity index (χ2v) is 9.31. The lowest BCUT2D eigenvalue weighted by molar-refractivity contribution is 0.0513. The average molecular weight is 320 g/mol. The molecule has 0 aromatic rings. The molecule has 1 aliphatic heterocycles. The quantitative estimate of drug-likeness (QED) is 0.859. The van der Waals surface area contributed by atoms with E-state index in [1.165, 1.54) is 0 Å². The summed E-state index contributed by atoms with van der Waals surface area (Å²) in [7, 11) is -3.16. The Morgan fingerprint density at radius 1 is 1.29 bits per heavy atom. The molecule has 0 atom stereocenters. The third kappa shape index (κ3) is 5.82. The second-order valence-electron chi connectivity index (χ2n) is 6.82. The van der Waals surface area contributed by atoms with Crippen LogP contribution in [0, 0.1) is 5.92 Å². The molecule has 124 valence electrons.